The van der Waals surface area contributed by atoms with Gasteiger partial charge in [0.15, 0.2) is 0 Å². The van der Waals surface area contributed by atoms with Gasteiger partial charge in [-0.2, -0.15) is 0 Å². The third-order valence-electron chi connectivity index (χ3n) is 3.13. The van der Waals surface area contributed by atoms with Gasteiger partial charge in [0.05, 0.1) is 112 Å². The van der Waals surface area contributed by atoms with Gasteiger partial charge >= 0.3 is 0 Å². The Morgan fingerprint density at radius 1 is 0.448 bits per heavy atom. The van der Waals surface area contributed by atoms with Crippen LogP contribution in [0.1, 0.15) is 0 Å². The Morgan fingerprint density at radius 3 is 0.931 bits per heavy atom. The molecule has 4 N–H and O–H groups in total. The summed E-state index contributed by atoms with van der Waals surface area (Å²) in [6.07, 6.45) is -0.947. The maximum Gasteiger partial charge on any atom is 0.126 e. The van der Waals surface area contributed by atoms with Gasteiger partial charge in [0.1, 0.15) is 6.23 Å². The molecule has 0 aromatic heterocycles. The van der Waals surface area contributed by atoms with E-state index in [0.717, 1.165) is 0 Å². The largest absolute Gasteiger partial charge is 0.394 e. The van der Waals surface area contributed by atoms with Crippen LogP contribution >= 0.6 is 0 Å². The summed E-state index contributed by atoms with van der Waals surface area (Å²) in [5.41, 5.74) is 5.12. The second-order valence-electron chi connectivity index (χ2n) is 5.65. The molecule has 0 spiro atoms. The molecule has 0 amide bonds. The Kier molecular flexibility index (Phi) is 25.2. The third kappa shape index (κ3) is 27.6. The highest BCUT2D eigenvalue weighted by atomic mass is 16.6. The lowest BCUT2D eigenvalue weighted by Gasteiger charge is -2.09. The molecule has 0 rings (SSSR count). The summed E-state index contributed by atoms with van der Waals surface area (Å²) in [5, 5.41) is 17.3. The summed E-state index contributed by atoms with van der Waals surface area (Å²) in [4.78, 5) is 0. The van der Waals surface area contributed by atoms with Gasteiger partial charge in [-0.15, -0.1) is 0 Å². The molecule has 0 bridgehead atoms. The molecule has 1 unspecified atom stereocenters. The van der Waals surface area contributed by atoms with Crippen molar-refractivity contribution in [1.82, 2.24) is 0 Å². The van der Waals surface area contributed by atoms with Crippen LogP contribution in [0.2, 0.25) is 0 Å². The minimum absolute atomic E-state index is 0.0262. The predicted molar refractivity (Wildman–Crippen MR) is 104 cm³/mol. The minimum atomic E-state index is -0.947. The number of nitrogens with two attached hydrogens (primary N) is 1. The van der Waals surface area contributed by atoms with Gasteiger partial charge in [-0.05, 0) is 0 Å². The molecule has 0 aliphatic heterocycles. The summed E-state index contributed by atoms with van der Waals surface area (Å²) in [6.45, 7) is 7.21. The summed E-state index contributed by atoms with van der Waals surface area (Å²) in [6, 6.07) is 0. The molecule has 176 valence electrons. The Hall–Kier alpha value is -0.440. The molecule has 11 heteroatoms. The van der Waals surface area contributed by atoms with Gasteiger partial charge < -0.3 is 53.8 Å². The average molecular weight is 430 g/mol. The van der Waals surface area contributed by atoms with Gasteiger partial charge in [0.25, 0.3) is 0 Å². The first-order chi connectivity index (χ1) is 14.3. The zero-order valence-electron chi connectivity index (χ0n) is 17.3. The van der Waals surface area contributed by atoms with Crippen molar-refractivity contribution < 1.29 is 48.1 Å². The van der Waals surface area contributed by atoms with E-state index in [0.29, 0.717) is 99.1 Å². The van der Waals surface area contributed by atoms with Crippen LogP contribution in [-0.4, -0.2) is 129 Å². The van der Waals surface area contributed by atoms with Crippen LogP contribution in [0.15, 0.2) is 0 Å². The fourth-order valence-corrected chi connectivity index (χ4v) is 1.81. The topological polar surface area (TPSA) is 140 Å². The Bertz CT molecular complexity index is 300. The van der Waals surface area contributed by atoms with Crippen molar-refractivity contribution in [2.75, 3.05) is 112 Å². The van der Waals surface area contributed by atoms with E-state index in [1.165, 1.54) is 0 Å². The molecular formula is C18H39NO10. The summed E-state index contributed by atoms with van der Waals surface area (Å²) in [5.74, 6) is 0. The lowest BCUT2D eigenvalue weighted by molar-refractivity contribution is -0.0269. The maximum absolute atomic E-state index is 8.78. The zero-order chi connectivity index (χ0) is 21.3. The van der Waals surface area contributed by atoms with Crippen molar-refractivity contribution in [1.29, 1.82) is 0 Å². The minimum Gasteiger partial charge on any atom is -0.394 e. The Morgan fingerprint density at radius 2 is 0.690 bits per heavy atom. The number of rotatable bonds is 25. The fourth-order valence-electron chi connectivity index (χ4n) is 1.81. The first-order valence-electron chi connectivity index (χ1n) is 9.93. The van der Waals surface area contributed by atoms with Crippen LogP contribution in [0.4, 0.5) is 0 Å². The van der Waals surface area contributed by atoms with Crippen molar-refractivity contribution in [2.45, 2.75) is 6.23 Å². The number of hydrogen-bond donors (Lipinski definition) is 3. The Labute approximate surface area is 173 Å². The number of hydrogen-bond acceptors (Lipinski definition) is 11. The molecule has 0 aliphatic carbocycles. The van der Waals surface area contributed by atoms with Crippen molar-refractivity contribution in [2.24, 2.45) is 5.73 Å². The smallest absolute Gasteiger partial charge is 0.126 e. The molecule has 11 nitrogen and oxygen atoms in total. The van der Waals surface area contributed by atoms with Gasteiger partial charge in [-0.25, -0.2) is 0 Å². The van der Waals surface area contributed by atoms with Gasteiger partial charge in [0.2, 0.25) is 0 Å². The molecule has 0 aliphatic rings. The van der Waals surface area contributed by atoms with Crippen LogP contribution in [-0.2, 0) is 37.9 Å². The van der Waals surface area contributed by atoms with Crippen LogP contribution in [0, 0.1) is 0 Å². The number of aliphatic hydroxyl groups excluding tert-OH is 2. The van der Waals surface area contributed by atoms with Crippen molar-refractivity contribution in [3.8, 4) is 0 Å². The molecule has 0 fully saturated rings. The molecule has 0 radical (unpaired) electrons. The highest BCUT2D eigenvalue weighted by Gasteiger charge is 1.96. The van der Waals surface area contributed by atoms with E-state index in [2.05, 4.69) is 0 Å². The van der Waals surface area contributed by atoms with E-state index < -0.39 is 6.23 Å². The summed E-state index contributed by atoms with van der Waals surface area (Å²) < 4.78 is 42.1. The molecular weight excluding hydrogens is 390 g/mol. The van der Waals surface area contributed by atoms with Gasteiger partial charge in [-0.1, -0.05) is 0 Å². The molecule has 29 heavy (non-hydrogen) atoms. The van der Waals surface area contributed by atoms with Crippen LogP contribution in [0.3, 0.4) is 0 Å². The van der Waals surface area contributed by atoms with Crippen LogP contribution in [0.25, 0.3) is 0 Å². The van der Waals surface area contributed by atoms with E-state index in [1.807, 2.05) is 0 Å². The molecule has 0 aromatic carbocycles. The normalized spacial score (nSPS) is 12.5. The highest BCUT2D eigenvalue weighted by Crippen LogP contribution is 1.85. The van der Waals surface area contributed by atoms with Gasteiger partial charge in [0, 0.05) is 0 Å². The lowest BCUT2D eigenvalue weighted by atomic mass is 10.6. The highest BCUT2D eigenvalue weighted by molar-refractivity contribution is 4.40. The molecule has 0 heterocycles. The molecule has 0 saturated carbocycles. The summed E-state index contributed by atoms with van der Waals surface area (Å²) >= 11 is 0. The maximum atomic E-state index is 8.78. The second-order valence-corrected chi connectivity index (χ2v) is 5.65. The average Bonchev–Trinajstić information content (AvgIpc) is 2.71. The van der Waals surface area contributed by atoms with Crippen molar-refractivity contribution >= 4 is 0 Å². The monoisotopic (exact) mass is 429 g/mol. The van der Waals surface area contributed by atoms with Crippen LogP contribution in [0.5, 0.6) is 0 Å². The van der Waals surface area contributed by atoms with Crippen molar-refractivity contribution in [3.05, 3.63) is 0 Å². The quantitative estimate of drug-likeness (QED) is 0.114. The fraction of sp³-hybridized carbons (Fsp3) is 1.00. The van der Waals surface area contributed by atoms with Crippen LogP contribution < -0.4 is 5.73 Å². The van der Waals surface area contributed by atoms with Gasteiger partial charge in [-0.3, -0.25) is 0 Å². The first kappa shape index (κ1) is 28.6. The van der Waals surface area contributed by atoms with E-state index in [1.54, 1.807) is 0 Å². The standard InChI is InChI=1S/C18H39NO10/c19-18(21)17-29-16-15-28-14-13-27-12-11-26-10-9-25-8-7-24-6-5-23-4-3-22-2-1-20/h18,20-21H,1-17,19H2. The molecule has 1 atom stereocenters. The van der Waals surface area contributed by atoms with E-state index in [-0.39, 0.29) is 13.2 Å². The van der Waals surface area contributed by atoms with E-state index >= 15 is 0 Å². The predicted octanol–water partition coefficient (Wildman–Crippen LogP) is -1.61. The Balaban J connectivity index is 2.98. The van der Waals surface area contributed by atoms with E-state index in [9.17, 15) is 0 Å². The summed E-state index contributed by atoms with van der Waals surface area (Å²) in [7, 11) is 0. The second kappa shape index (κ2) is 25.6. The lowest BCUT2D eigenvalue weighted by Crippen LogP contribution is -2.26. The number of ether oxygens (including phenoxy) is 8. The molecule has 0 saturated heterocycles. The number of aliphatic hydroxyl groups is 2. The zero-order valence-corrected chi connectivity index (χ0v) is 17.3. The van der Waals surface area contributed by atoms with Crippen molar-refractivity contribution in [3.63, 3.8) is 0 Å². The molecule has 0 aromatic rings. The first-order valence-corrected chi connectivity index (χ1v) is 9.93. The SMILES string of the molecule is NC(O)COCCOCCOCCOCCOCCOCCOCCOCCO. The van der Waals surface area contributed by atoms with E-state index in [4.69, 9.17) is 53.8 Å². The third-order valence-corrected chi connectivity index (χ3v) is 3.13.